The Kier molecular flexibility index (Phi) is 5.24. The molecule has 7 rings (SSSR count). The van der Waals surface area contributed by atoms with Crippen LogP contribution in [0.3, 0.4) is 0 Å². The first-order chi connectivity index (χ1) is 16.2. The summed E-state index contributed by atoms with van der Waals surface area (Å²) in [6.07, 6.45) is 16.4. The van der Waals surface area contributed by atoms with Crippen LogP contribution in [-0.2, 0) is 20.3 Å². The van der Waals surface area contributed by atoms with Crippen LogP contribution >= 0.6 is 0 Å². The third kappa shape index (κ3) is 3.31. The van der Waals surface area contributed by atoms with E-state index in [0.717, 1.165) is 30.9 Å². The first kappa shape index (κ1) is 21.1. The molecule has 1 heteroatoms. The van der Waals surface area contributed by atoms with Crippen molar-refractivity contribution >= 4 is 11.1 Å². The summed E-state index contributed by atoms with van der Waals surface area (Å²) in [4.78, 5) is 0. The minimum absolute atomic E-state index is 1.07. The molecule has 2 aromatic rings. The molecule has 0 nitrogen and oxygen atoms in total. The minimum atomic E-state index is -2.68. The molecule has 0 heterocycles. The topological polar surface area (TPSA) is 0 Å². The van der Waals surface area contributed by atoms with Gasteiger partial charge in [-0.1, -0.05) is 0 Å². The number of fused-ring (bicyclic) bond motifs is 4. The number of allylic oxidation sites excluding steroid dienone is 4. The second kappa shape index (κ2) is 8.19. The molecule has 0 aromatic heterocycles. The van der Waals surface area contributed by atoms with Gasteiger partial charge in [-0.3, -0.25) is 0 Å². The van der Waals surface area contributed by atoms with Crippen LogP contribution in [0.25, 0.3) is 11.1 Å². The van der Waals surface area contributed by atoms with Gasteiger partial charge in [0.15, 0.2) is 0 Å². The van der Waals surface area contributed by atoms with Gasteiger partial charge in [-0.2, -0.15) is 0 Å². The SMILES string of the molecule is [CH3][Zr]([C]1=C(c2ccccc2)C(c2ccccc2)=CC1)([CH]1CC2CCC1C2)[CH]1CC2CCC1C2. The van der Waals surface area contributed by atoms with Crippen LogP contribution in [0.15, 0.2) is 70.0 Å². The molecule has 33 heavy (non-hydrogen) atoms. The van der Waals surface area contributed by atoms with Gasteiger partial charge in [0.1, 0.15) is 0 Å². The van der Waals surface area contributed by atoms with Crippen LogP contribution in [0, 0.1) is 23.7 Å². The van der Waals surface area contributed by atoms with Crippen molar-refractivity contribution < 1.29 is 20.3 Å². The summed E-state index contributed by atoms with van der Waals surface area (Å²) < 4.78 is 7.22. The van der Waals surface area contributed by atoms with Gasteiger partial charge in [-0.15, -0.1) is 0 Å². The normalized spacial score (nSPS) is 36.5. The number of hydrogen-bond acceptors (Lipinski definition) is 0. The van der Waals surface area contributed by atoms with Crippen LogP contribution in [0.2, 0.25) is 11.9 Å². The molecule has 0 aliphatic heterocycles. The standard InChI is InChI=1S/C17H13.2C7H11.CH3.Zr/c1-3-8-14(9-4-1)16-12-7-13-17(16)15-10-5-2-6-11-15;2*1-2-7-4-3-6(1)5-7;;/h1-6,8-12H,7H2;2*1,6-7H,2-5H2;1H3;. The van der Waals surface area contributed by atoms with Crippen molar-refractivity contribution in [2.75, 3.05) is 0 Å². The van der Waals surface area contributed by atoms with E-state index in [-0.39, 0.29) is 0 Å². The molecule has 0 spiro atoms. The van der Waals surface area contributed by atoms with Crippen molar-refractivity contribution in [3.05, 3.63) is 81.1 Å². The summed E-state index contributed by atoms with van der Waals surface area (Å²) in [5, 5.41) is 0. The number of benzene rings is 2. The Labute approximate surface area is 205 Å². The van der Waals surface area contributed by atoms with Crippen molar-refractivity contribution in [3.63, 3.8) is 0 Å². The van der Waals surface area contributed by atoms with Gasteiger partial charge in [-0.25, -0.2) is 0 Å². The predicted octanol–water partition coefficient (Wildman–Crippen LogP) is 9.30. The number of rotatable bonds is 5. The van der Waals surface area contributed by atoms with Gasteiger partial charge >= 0.3 is 206 Å². The van der Waals surface area contributed by atoms with E-state index >= 15 is 0 Å². The molecule has 6 unspecified atom stereocenters. The van der Waals surface area contributed by atoms with Gasteiger partial charge in [0.2, 0.25) is 0 Å². The molecule has 0 amide bonds. The van der Waals surface area contributed by atoms with Crippen LogP contribution in [-0.4, -0.2) is 0 Å². The van der Waals surface area contributed by atoms with E-state index in [2.05, 4.69) is 71.4 Å². The molecule has 4 bridgehead atoms. The van der Waals surface area contributed by atoms with E-state index in [0.29, 0.717) is 0 Å². The Morgan fingerprint density at radius 2 is 1.18 bits per heavy atom. The predicted molar refractivity (Wildman–Crippen MR) is 137 cm³/mol. The fourth-order valence-corrected chi connectivity index (χ4v) is 26.8. The molecule has 4 saturated carbocycles. The molecule has 0 N–H and O–H groups in total. The van der Waals surface area contributed by atoms with Crippen molar-refractivity contribution in [1.29, 1.82) is 0 Å². The number of hydrogen-bond donors (Lipinski definition) is 0. The summed E-state index contributed by atoms with van der Waals surface area (Å²) >= 11 is -2.68. The monoisotopic (exact) mass is 512 g/mol. The molecule has 5 aliphatic carbocycles. The summed E-state index contributed by atoms with van der Waals surface area (Å²) in [6.45, 7) is 0. The summed E-state index contributed by atoms with van der Waals surface area (Å²) in [5.41, 5.74) is 6.16. The molecular weight excluding hydrogens is 476 g/mol. The van der Waals surface area contributed by atoms with Crippen LogP contribution in [0.1, 0.15) is 68.9 Å². The zero-order chi connectivity index (χ0) is 22.0. The van der Waals surface area contributed by atoms with Crippen LogP contribution in [0.5, 0.6) is 0 Å². The average molecular weight is 514 g/mol. The second-order valence-corrected chi connectivity index (χ2v) is 23.7. The van der Waals surface area contributed by atoms with Crippen molar-refractivity contribution in [2.24, 2.45) is 23.7 Å². The second-order valence-electron chi connectivity index (χ2n) is 12.3. The maximum atomic E-state index is 2.98. The third-order valence-corrected chi connectivity index (χ3v) is 26.3. The van der Waals surface area contributed by atoms with Gasteiger partial charge in [0.25, 0.3) is 0 Å². The zero-order valence-electron chi connectivity index (χ0n) is 20.2. The van der Waals surface area contributed by atoms with Crippen molar-refractivity contribution in [2.45, 2.75) is 69.7 Å². The Bertz CT molecular complexity index is 1070. The zero-order valence-corrected chi connectivity index (χ0v) is 22.6. The summed E-state index contributed by atoms with van der Waals surface area (Å²) in [7, 11) is 0. The molecule has 6 atom stereocenters. The first-order valence-electron chi connectivity index (χ1n) is 13.8. The molecule has 4 fully saturated rings. The van der Waals surface area contributed by atoms with E-state index in [1.807, 2.05) is 3.28 Å². The van der Waals surface area contributed by atoms with E-state index in [4.69, 9.17) is 0 Å². The molecule has 2 aromatic carbocycles. The Hall–Kier alpha value is -1.20. The molecule has 0 radical (unpaired) electrons. The Morgan fingerprint density at radius 1 is 0.636 bits per heavy atom. The van der Waals surface area contributed by atoms with E-state index in [9.17, 15) is 0 Å². The van der Waals surface area contributed by atoms with Crippen LogP contribution < -0.4 is 0 Å². The van der Waals surface area contributed by atoms with Gasteiger partial charge in [-0.05, 0) is 0 Å². The van der Waals surface area contributed by atoms with Gasteiger partial charge in [0.05, 0.1) is 0 Å². The Balaban J connectivity index is 1.41. The fraction of sp³-hybridized carbons (Fsp3) is 0.500. The maximum absolute atomic E-state index is 2.98. The summed E-state index contributed by atoms with van der Waals surface area (Å²) in [6, 6.07) is 22.9. The van der Waals surface area contributed by atoms with Gasteiger partial charge in [0, 0.05) is 0 Å². The molecule has 5 aliphatic rings. The van der Waals surface area contributed by atoms with E-state index in [1.54, 1.807) is 49.7 Å². The van der Waals surface area contributed by atoms with Gasteiger partial charge < -0.3 is 0 Å². The van der Waals surface area contributed by atoms with E-state index in [1.165, 1.54) is 30.4 Å². The van der Waals surface area contributed by atoms with E-state index < -0.39 is 20.3 Å². The Morgan fingerprint density at radius 3 is 1.67 bits per heavy atom. The quantitative estimate of drug-likeness (QED) is 0.373. The molecule has 170 valence electrons. The fourth-order valence-electron chi connectivity index (χ4n) is 9.56. The first-order valence-corrected chi connectivity index (χ1v) is 20.3. The summed E-state index contributed by atoms with van der Waals surface area (Å²) in [5.74, 6) is 4.28. The molecule has 0 saturated heterocycles. The average Bonchev–Trinajstić information content (AvgIpc) is 3.70. The third-order valence-electron chi connectivity index (χ3n) is 10.9. The molecular formula is C32H38Zr. The van der Waals surface area contributed by atoms with Crippen LogP contribution in [0.4, 0.5) is 0 Å². The van der Waals surface area contributed by atoms with Crippen molar-refractivity contribution in [1.82, 2.24) is 0 Å². The van der Waals surface area contributed by atoms with Crippen molar-refractivity contribution in [3.8, 4) is 0 Å².